The molecule has 0 rings (SSSR count). The van der Waals surface area contributed by atoms with Crippen LogP contribution < -0.4 is 0 Å². The van der Waals surface area contributed by atoms with Crippen molar-refractivity contribution in [3.63, 3.8) is 0 Å². The zero-order valence-corrected chi connectivity index (χ0v) is 13.4. The standard InChI is InChI=1S/C11H24O7P2/c1-10(2)9-18-8-6-4-3-5-7-11(19(12,13)14)20(15,16)17/h11H,1,3-9H2,2H3,(H2,12,13,14)(H2,15,16,17). The first-order valence-electron chi connectivity index (χ1n) is 6.37. The summed E-state index contributed by atoms with van der Waals surface area (Å²) in [6.07, 6.45) is 2.41. The van der Waals surface area contributed by atoms with Gasteiger partial charge in [-0.15, -0.1) is 0 Å². The second kappa shape index (κ2) is 9.11. The Morgan fingerprint density at radius 3 is 2.00 bits per heavy atom. The van der Waals surface area contributed by atoms with Crippen LogP contribution >= 0.6 is 15.2 Å². The summed E-state index contributed by atoms with van der Waals surface area (Å²) in [5.41, 5.74) is 0.941. The lowest BCUT2D eigenvalue weighted by atomic mass is 10.2. The molecule has 4 N–H and O–H groups in total. The average Bonchev–Trinajstić information content (AvgIpc) is 2.22. The molecule has 0 fully saturated rings. The molecule has 0 heterocycles. The summed E-state index contributed by atoms with van der Waals surface area (Å²) in [5, 5.41) is -1.88. The highest BCUT2D eigenvalue weighted by molar-refractivity contribution is 7.70. The first-order valence-corrected chi connectivity index (χ1v) is 9.74. The zero-order chi connectivity index (χ0) is 15.8. The zero-order valence-electron chi connectivity index (χ0n) is 11.6. The van der Waals surface area contributed by atoms with Gasteiger partial charge in [0.2, 0.25) is 0 Å². The van der Waals surface area contributed by atoms with Crippen LogP contribution in [-0.2, 0) is 13.9 Å². The van der Waals surface area contributed by atoms with E-state index in [2.05, 4.69) is 6.58 Å². The van der Waals surface area contributed by atoms with Crippen molar-refractivity contribution in [2.24, 2.45) is 0 Å². The summed E-state index contributed by atoms with van der Waals surface area (Å²) in [5.74, 6) is 0. The predicted octanol–water partition coefficient (Wildman–Crippen LogP) is 2.21. The van der Waals surface area contributed by atoms with Gasteiger partial charge in [-0.25, -0.2) is 0 Å². The molecule has 9 heteroatoms. The molecule has 0 unspecified atom stereocenters. The third-order valence-corrected chi connectivity index (χ3v) is 6.50. The SMILES string of the molecule is C=C(C)COCCCCCCC(P(=O)(O)O)P(=O)(O)O. The van der Waals surface area contributed by atoms with Gasteiger partial charge in [-0.05, 0) is 19.8 Å². The van der Waals surface area contributed by atoms with Crippen molar-refractivity contribution >= 4 is 15.2 Å². The van der Waals surface area contributed by atoms with Gasteiger partial charge in [0.15, 0.2) is 5.40 Å². The second-order valence-corrected chi connectivity index (χ2v) is 8.88. The van der Waals surface area contributed by atoms with E-state index in [4.69, 9.17) is 24.3 Å². The van der Waals surface area contributed by atoms with E-state index >= 15 is 0 Å². The number of ether oxygens (including phenoxy) is 1. The van der Waals surface area contributed by atoms with Crippen LogP contribution in [-0.4, -0.2) is 38.2 Å². The molecule has 0 aliphatic rings. The van der Waals surface area contributed by atoms with Crippen LogP contribution in [0.1, 0.15) is 39.0 Å². The van der Waals surface area contributed by atoms with Crippen LogP contribution in [0.5, 0.6) is 0 Å². The van der Waals surface area contributed by atoms with E-state index in [9.17, 15) is 9.13 Å². The molecule has 0 spiro atoms. The summed E-state index contributed by atoms with van der Waals surface area (Å²) in [6, 6.07) is 0. The highest BCUT2D eigenvalue weighted by Crippen LogP contribution is 2.61. The number of rotatable bonds is 11. The van der Waals surface area contributed by atoms with Crippen molar-refractivity contribution in [3.8, 4) is 0 Å². The molecule has 120 valence electrons. The molecule has 0 aliphatic heterocycles. The van der Waals surface area contributed by atoms with E-state index in [0.29, 0.717) is 26.1 Å². The molecule has 0 saturated carbocycles. The lowest BCUT2D eigenvalue weighted by Crippen LogP contribution is -2.09. The fourth-order valence-electron chi connectivity index (χ4n) is 1.66. The van der Waals surface area contributed by atoms with Gasteiger partial charge >= 0.3 is 15.2 Å². The highest BCUT2D eigenvalue weighted by atomic mass is 31.2. The predicted molar refractivity (Wildman–Crippen MR) is 76.6 cm³/mol. The summed E-state index contributed by atoms with van der Waals surface area (Å²) < 4.78 is 27.3. The Morgan fingerprint density at radius 2 is 1.55 bits per heavy atom. The monoisotopic (exact) mass is 330 g/mol. The van der Waals surface area contributed by atoms with Gasteiger partial charge in [-0.2, -0.15) is 0 Å². The lowest BCUT2D eigenvalue weighted by Gasteiger charge is -2.19. The van der Waals surface area contributed by atoms with E-state index in [1.807, 2.05) is 6.92 Å². The average molecular weight is 330 g/mol. The first-order chi connectivity index (χ1) is 9.05. The second-order valence-electron chi connectivity index (χ2n) is 4.87. The van der Waals surface area contributed by atoms with Gasteiger partial charge in [-0.3, -0.25) is 9.13 Å². The van der Waals surface area contributed by atoms with Crippen molar-refractivity contribution < 1.29 is 33.4 Å². The minimum Gasteiger partial charge on any atom is -0.377 e. The van der Waals surface area contributed by atoms with E-state index < -0.39 is 20.6 Å². The Morgan fingerprint density at radius 1 is 1.05 bits per heavy atom. The Hall–Kier alpha value is -0.0000000000000000416. The summed E-state index contributed by atoms with van der Waals surface area (Å²) >= 11 is 0. The van der Waals surface area contributed by atoms with Crippen molar-refractivity contribution in [3.05, 3.63) is 12.2 Å². The van der Waals surface area contributed by atoms with Crippen molar-refractivity contribution in [1.82, 2.24) is 0 Å². The minimum atomic E-state index is -4.77. The Kier molecular flexibility index (Phi) is 9.11. The molecule has 0 aromatic heterocycles. The summed E-state index contributed by atoms with van der Waals surface area (Å²) in [6.45, 7) is 6.65. The minimum absolute atomic E-state index is 0.179. The van der Waals surface area contributed by atoms with Crippen LogP contribution in [0.25, 0.3) is 0 Å². The van der Waals surface area contributed by atoms with Crippen molar-refractivity contribution in [1.29, 1.82) is 0 Å². The molecular weight excluding hydrogens is 306 g/mol. The number of hydrogen-bond acceptors (Lipinski definition) is 3. The van der Waals surface area contributed by atoms with E-state index in [0.717, 1.165) is 18.4 Å². The van der Waals surface area contributed by atoms with Crippen molar-refractivity contribution in [2.45, 2.75) is 44.4 Å². The highest BCUT2D eigenvalue weighted by Gasteiger charge is 2.42. The normalized spacial score (nSPS) is 12.9. The Bertz CT molecular complexity index is 362. The van der Waals surface area contributed by atoms with Crippen LogP contribution in [0.4, 0.5) is 0 Å². The quantitative estimate of drug-likeness (QED) is 0.260. The molecule has 0 aromatic carbocycles. The molecular formula is C11H24O7P2. The van der Waals surface area contributed by atoms with Gasteiger partial charge in [0.05, 0.1) is 6.61 Å². The van der Waals surface area contributed by atoms with Gasteiger partial charge in [0.25, 0.3) is 0 Å². The maximum Gasteiger partial charge on any atom is 0.340 e. The molecule has 0 saturated heterocycles. The lowest BCUT2D eigenvalue weighted by molar-refractivity contribution is 0.151. The van der Waals surface area contributed by atoms with Crippen LogP contribution in [0, 0.1) is 0 Å². The molecule has 0 aliphatic carbocycles. The maximum atomic E-state index is 11.0. The largest absolute Gasteiger partial charge is 0.377 e. The van der Waals surface area contributed by atoms with E-state index in [1.54, 1.807) is 0 Å². The van der Waals surface area contributed by atoms with Gasteiger partial charge < -0.3 is 24.3 Å². The Balaban J connectivity index is 3.84. The van der Waals surface area contributed by atoms with Crippen molar-refractivity contribution in [2.75, 3.05) is 13.2 Å². The van der Waals surface area contributed by atoms with Gasteiger partial charge in [-0.1, -0.05) is 31.4 Å². The first kappa shape index (κ1) is 20.0. The molecule has 0 aromatic rings. The number of unbranched alkanes of at least 4 members (excludes halogenated alkanes) is 3. The van der Waals surface area contributed by atoms with E-state index in [1.165, 1.54) is 0 Å². The third-order valence-electron chi connectivity index (χ3n) is 2.63. The van der Waals surface area contributed by atoms with Gasteiger partial charge in [0, 0.05) is 6.61 Å². The van der Waals surface area contributed by atoms with Gasteiger partial charge in [0.1, 0.15) is 0 Å². The smallest absolute Gasteiger partial charge is 0.340 e. The fourth-order valence-corrected chi connectivity index (χ4v) is 4.27. The topological polar surface area (TPSA) is 124 Å². The van der Waals surface area contributed by atoms with Crippen LogP contribution in [0.2, 0.25) is 0 Å². The maximum absolute atomic E-state index is 11.0. The molecule has 7 nitrogen and oxygen atoms in total. The number of hydrogen-bond donors (Lipinski definition) is 4. The molecule has 0 radical (unpaired) electrons. The van der Waals surface area contributed by atoms with E-state index in [-0.39, 0.29) is 6.42 Å². The fraction of sp³-hybridized carbons (Fsp3) is 0.818. The molecule has 0 amide bonds. The summed E-state index contributed by atoms with van der Waals surface area (Å²) in [7, 11) is -9.54. The van der Waals surface area contributed by atoms with Crippen LogP contribution in [0.3, 0.4) is 0 Å². The summed E-state index contributed by atoms with van der Waals surface area (Å²) in [4.78, 5) is 35.7. The molecule has 0 atom stereocenters. The molecule has 0 bridgehead atoms. The Labute approximate surface area is 119 Å². The van der Waals surface area contributed by atoms with Crippen LogP contribution in [0.15, 0.2) is 12.2 Å². The molecule has 20 heavy (non-hydrogen) atoms. The third kappa shape index (κ3) is 9.83.